The van der Waals surface area contributed by atoms with Crippen LogP contribution in [0.15, 0.2) is 78.9 Å². The molecular formula is C25H22N2O4. The number of fused-ring (bicyclic) bond motifs is 1. The molecule has 0 aliphatic carbocycles. The van der Waals surface area contributed by atoms with Gasteiger partial charge in [-0.25, -0.2) is 4.98 Å². The van der Waals surface area contributed by atoms with Crippen LogP contribution >= 0.6 is 0 Å². The molecule has 31 heavy (non-hydrogen) atoms. The van der Waals surface area contributed by atoms with Gasteiger partial charge in [-0.3, -0.25) is 4.79 Å². The van der Waals surface area contributed by atoms with Crippen LogP contribution in [0, 0.1) is 0 Å². The summed E-state index contributed by atoms with van der Waals surface area (Å²) >= 11 is 0. The number of hydrogen-bond donors (Lipinski definition) is 1. The zero-order valence-corrected chi connectivity index (χ0v) is 17.3. The van der Waals surface area contributed by atoms with E-state index in [4.69, 9.17) is 14.2 Å². The smallest absolute Gasteiger partial charge is 0.255 e. The van der Waals surface area contributed by atoms with E-state index in [1.807, 2.05) is 36.4 Å². The van der Waals surface area contributed by atoms with E-state index in [1.165, 1.54) is 0 Å². The zero-order chi connectivity index (χ0) is 21.6. The van der Waals surface area contributed by atoms with Crippen LogP contribution in [0.25, 0.3) is 10.9 Å². The van der Waals surface area contributed by atoms with E-state index >= 15 is 0 Å². The minimum absolute atomic E-state index is 0.227. The number of carbonyl (C=O) groups is 1. The highest BCUT2D eigenvalue weighted by molar-refractivity contribution is 6.04. The molecule has 156 valence electrons. The predicted octanol–water partition coefficient (Wildman–Crippen LogP) is 5.08. The lowest BCUT2D eigenvalue weighted by Crippen LogP contribution is -2.12. The van der Waals surface area contributed by atoms with Gasteiger partial charge in [0.25, 0.3) is 5.91 Å². The van der Waals surface area contributed by atoms with Crippen molar-refractivity contribution in [3.63, 3.8) is 0 Å². The summed E-state index contributed by atoms with van der Waals surface area (Å²) < 4.78 is 16.3. The number of methoxy groups -OCH3 is 2. The number of hydrogen-bond acceptors (Lipinski definition) is 5. The molecule has 0 radical (unpaired) electrons. The van der Waals surface area contributed by atoms with Crippen molar-refractivity contribution in [2.24, 2.45) is 0 Å². The van der Waals surface area contributed by atoms with Crippen LogP contribution in [-0.2, 0) is 6.61 Å². The van der Waals surface area contributed by atoms with Crippen molar-refractivity contribution in [3.05, 3.63) is 90.1 Å². The van der Waals surface area contributed by atoms with Gasteiger partial charge in [0.1, 0.15) is 12.4 Å². The van der Waals surface area contributed by atoms with Crippen molar-refractivity contribution in [2.75, 3.05) is 19.5 Å². The first-order chi connectivity index (χ1) is 15.2. The molecule has 3 aromatic carbocycles. The fourth-order valence-electron chi connectivity index (χ4n) is 3.17. The standard InChI is InChI=1S/C25H22N2O4/c1-29-23-14-11-19(15-24(23)30-2)27-25(28)18-8-12-21(13-9-18)31-16-20-10-7-17-5-3-4-6-22(17)26-20/h3-15H,16H2,1-2H3,(H,27,28). The summed E-state index contributed by atoms with van der Waals surface area (Å²) in [5.41, 5.74) is 2.91. The molecule has 4 rings (SSSR count). The summed E-state index contributed by atoms with van der Waals surface area (Å²) in [5, 5.41) is 3.95. The van der Waals surface area contributed by atoms with Crippen LogP contribution in [0.4, 0.5) is 5.69 Å². The molecule has 0 spiro atoms. The van der Waals surface area contributed by atoms with Gasteiger partial charge in [-0.15, -0.1) is 0 Å². The normalized spacial score (nSPS) is 10.5. The second-order valence-corrected chi connectivity index (χ2v) is 6.83. The Hall–Kier alpha value is -4.06. The van der Waals surface area contributed by atoms with Crippen LogP contribution in [-0.4, -0.2) is 25.1 Å². The molecule has 0 atom stereocenters. The second kappa shape index (κ2) is 9.17. The van der Waals surface area contributed by atoms with Gasteiger partial charge in [0.2, 0.25) is 0 Å². The van der Waals surface area contributed by atoms with E-state index in [2.05, 4.69) is 10.3 Å². The lowest BCUT2D eigenvalue weighted by molar-refractivity contribution is 0.102. The second-order valence-electron chi connectivity index (χ2n) is 6.83. The largest absolute Gasteiger partial charge is 0.493 e. The Labute approximate surface area is 180 Å². The number of para-hydroxylation sites is 1. The van der Waals surface area contributed by atoms with Crippen molar-refractivity contribution in [1.29, 1.82) is 0 Å². The van der Waals surface area contributed by atoms with Gasteiger partial charge in [0.15, 0.2) is 11.5 Å². The van der Waals surface area contributed by atoms with Gasteiger partial charge < -0.3 is 19.5 Å². The van der Waals surface area contributed by atoms with Gasteiger partial charge in [-0.2, -0.15) is 0 Å². The van der Waals surface area contributed by atoms with Crippen molar-refractivity contribution in [2.45, 2.75) is 6.61 Å². The number of anilines is 1. The molecule has 0 aliphatic rings. The number of benzene rings is 3. The van der Waals surface area contributed by atoms with Gasteiger partial charge >= 0.3 is 0 Å². The fourth-order valence-corrected chi connectivity index (χ4v) is 3.17. The monoisotopic (exact) mass is 414 g/mol. The van der Waals surface area contributed by atoms with E-state index in [0.29, 0.717) is 35.1 Å². The number of carbonyl (C=O) groups excluding carboxylic acids is 1. The Balaban J connectivity index is 1.38. The van der Waals surface area contributed by atoms with E-state index in [0.717, 1.165) is 16.6 Å². The lowest BCUT2D eigenvalue weighted by Gasteiger charge is -2.11. The minimum atomic E-state index is -0.227. The molecule has 0 aliphatic heterocycles. The summed E-state index contributed by atoms with van der Waals surface area (Å²) in [5.74, 6) is 1.59. The Morgan fingerprint density at radius 1 is 0.871 bits per heavy atom. The maximum absolute atomic E-state index is 12.5. The molecular weight excluding hydrogens is 392 g/mol. The van der Waals surface area contributed by atoms with Crippen molar-refractivity contribution < 1.29 is 19.0 Å². The first-order valence-corrected chi connectivity index (χ1v) is 9.77. The molecule has 1 heterocycles. The Morgan fingerprint density at radius 2 is 1.65 bits per heavy atom. The van der Waals surface area contributed by atoms with Crippen molar-refractivity contribution >= 4 is 22.5 Å². The SMILES string of the molecule is COc1ccc(NC(=O)c2ccc(OCc3ccc4ccccc4n3)cc2)cc1OC. The van der Waals surface area contributed by atoms with Gasteiger partial charge in [-0.05, 0) is 48.5 Å². The molecule has 1 N–H and O–H groups in total. The van der Waals surface area contributed by atoms with Crippen LogP contribution in [0.2, 0.25) is 0 Å². The van der Waals surface area contributed by atoms with Gasteiger partial charge in [0.05, 0.1) is 25.4 Å². The first-order valence-electron chi connectivity index (χ1n) is 9.77. The number of ether oxygens (including phenoxy) is 3. The summed E-state index contributed by atoms with van der Waals surface area (Å²) in [7, 11) is 3.12. The van der Waals surface area contributed by atoms with Crippen LogP contribution in [0.5, 0.6) is 17.2 Å². The van der Waals surface area contributed by atoms with Crippen LogP contribution < -0.4 is 19.5 Å². The Bertz CT molecular complexity index is 1210. The topological polar surface area (TPSA) is 69.7 Å². The molecule has 0 saturated carbocycles. The average Bonchev–Trinajstić information content (AvgIpc) is 2.82. The van der Waals surface area contributed by atoms with Crippen LogP contribution in [0.3, 0.4) is 0 Å². The minimum Gasteiger partial charge on any atom is -0.493 e. The molecule has 0 unspecified atom stereocenters. The number of amides is 1. The van der Waals surface area contributed by atoms with Crippen molar-refractivity contribution in [3.8, 4) is 17.2 Å². The molecule has 4 aromatic rings. The predicted molar refractivity (Wildman–Crippen MR) is 120 cm³/mol. The van der Waals surface area contributed by atoms with E-state index in [-0.39, 0.29) is 5.91 Å². The van der Waals surface area contributed by atoms with Gasteiger partial charge in [0, 0.05) is 22.7 Å². The summed E-state index contributed by atoms with van der Waals surface area (Å²) in [6.07, 6.45) is 0. The highest BCUT2D eigenvalue weighted by Crippen LogP contribution is 2.30. The van der Waals surface area contributed by atoms with E-state index in [1.54, 1.807) is 56.7 Å². The fraction of sp³-hybridized carbons (Fsp3) is 0.120. The number of rotatable bonds is 7. The highest BCUT2D eigenvalue weighted by atomic mass is 16.5. The molecule has 1 aromatic heterocycles. The quantitative estimate of drug-likeness (QED) is 0.457. The highest BCUT2D eigenvalue weighted by Gasteiger charge is 2.10. The molecule has 6 heteroatoms. The maximum atomic E-state index is 12.5. The number of nitrogens with zero attached hydrogens (tertiary/aromatic N) is 1. The molecule has 0 bridgehead atoms. The van der Waals surface area contributed by atoms with Crippen LogP contribution in [0.1, 0.15) is 16.1 Å². The third-order valence-electron chi connectivity index (χ3n) is 4.80. The summed E-state index contributed by atoms with van der Waals surface area (Å²) in [6, 6.07) is 24.1. The molecule has 0 fully saturated rings. The summed E-state index contributed by atoms with van der Waals surface area (Å²) in [6.45, 7) is 0.349. The summed E-state index contributed by atoms with van der Waals surface area (Å²) in [4.78, 5) is 17.2. The first kappa shape index (κ1) is 20.2. The molecule has 1 amide bonds. The van der Waals surface area contributed by atoms with E-state index in [9.17, 15) is 4.79 Å². The average molecular weight is 414 g/mol. The third-order valence-corrected chi connectivity index (χ3v) is 4.80. The van der Waals surface area contributed by atoms with Gasteiger partial charge in [-0.1, -0.05) is 24.3 Å². The molecule has 6 nitrogen and oxygen atoms in total. The number of nitrogens with one attached hydrogen (secondary N) is 1. The maximum Gasteiger partial charge on any atom is 0.255 e. The molecule has 0 saturated heterocycles. The zero-order valence-electron chi connectivity index (χ0n) is 17.3. The third kappa shape index (κ3) is 4.75. The Morgan fingerprint density at radius 3 is 2.42 bits per heavy atom. The number of aromatic nitrogens is 1. The number of pyridine rings is 1. The lowest BCUT2D eigenvalue weighted by atomic mass is 10.2. The van der Waals surface area contributed by atoms with E-state index < -0.39 is 0 Å². The Kier molecular flexibility index (Phi) is 5.98. The van der Waals surface area contributed by atoms with Crippen molar-refractivity contribution in [1.82, 2.24) is 4.98 Å².